The minimum atomic E-state index is -0.341. The monoisotopic (exact) mass is 236 g/mol. The highest BCUT2D eigenvalue weighted by Gasteiger charge is 2.19. The molecule has 1 aliphatic carbocycles. The number of rotatable bonds is 5. The second-order valence-corrected chi connectivity index (χ2v) is 4.75. The third kappa shape index (κ3) is 2.94. The van der Waals surface area contributed by atoms with Gasteiger partial charge in [-0.15, -0.1) is 0 Å². The highest BCUT2D eigenvalue weighted by atomic mass is 16.5. The van der Waals surface area contributed by atoms with Gasteiger partial charge in [0.2, 0.25) is 0 Å². The molecule has 0 saturated heterocycles. The fraction of sp³-hybridized carbons (Fsp3) is 0.692. The zero-order valence-electron chi connectivity index (χ0n) is 10.6. The summed E-state index contributed by atoms with van der Waals surface area (Å²) in [7, 11) is 1.56. The third-order valence-corrected chi connectivity index (χ3v) is 3.52. The van der Waals surface area contributed by atoms with Crippen LogP contribution in [0.5, 0.6) is 0 Å². The van der Waals surface area contributed by atoms with Crippen LogP contribution < -0.4 is 0 Å². The zero-order chi connectivity index (χ0) is 12.3. The molecule has 0 radical (unpaired) electrons. The van der Waals surface area contributed by atoms with E-state index in [-0.39, 0.29) is 11.9 Å². The van der Waals surface area contributed by atoms with E-state index in [2.05, 4.69) is 5.10 Å². The summed E-state index contributed by atoms with van der Waals surface area (Å²) >= 11 is 0. The maximum atomic E-state index is 11.7. The molecule has 1 unspecified atom stereocenters. The SMILES string of the molecule is COC(C)C(=O)Cc1ccn(C2CCCC2)n1. The van der Waals surface area contributed by atoms with Crippen molar-refractivity contribution < 1.29 is 9.53 Å². The van der Waals surface area contributed by atoms with Crippen molar-refractivity contribution in [3.05, 3.63) is 18.0 Å². The standard InChI is InChI=1S/C13H20N2O2/c1-10(17-2)13(16)9-11-7-8-15(14-11)12-5-3-4-6-12/h7-8,10,12H,3-6,9H2,1-2H3. The molecule has 0 bridgehead atoms. The van der Waals surface area contributed by atoms with E-state index < -0.39 is 0 Å². The number of ketones is 1. The van der Waals surface area contributed by atoms with Gasteiger partial charge < -0.3 is 4.74 Å². The van der Waals surface area contributed by atoms with E-state index in [9.17, 15) is 4.79 Å². The first-order valence-electron chi connectivity index (χ1n) is 6.30. The Balaban J connectivity index is 1.96. The number of methoxy groups -OCH3 is 1. The number of carbonyl (C=O) groups is 1. The predicted octanol–water partition coefficient (Wildman–Crippen LogP) is 2.14. The second kappa shape index (κ2) is 5.45. The lowest BCUT2D eigenvalue weighted by Crippen LogP contribution is -2.21. The molecule has 0 aromatic carbocycles. The molecule has 2 rings (SSSR count). The lowest BCUT2D eigenvalue weighted by Gasteiger charge is -2.09. The van der Waals surface area contributed by atoms with Gasteiger partial charge in [0, 0.05) is 13.3 Å². The second-order valence-electron chi connectivity index (χ2n) is 4.75. The molecule has 0 amide bonds. The number of hydrogen-bond donors (Lipinski definition) is 0. The normalized spacial score (nSPS) is 18.5. The van der Waals surface area contributed by atoms with Gasteiger partial charge in [0.25, 0.3) is 0 Å². The Morgan fingerprint density at radius 3 is 2.94 bits per heavy atom. The van der Waals surface area contributed by atoms with Crippen molar-refractivity contribution in [3.8, 4) is 0 Å². The van der Waals surface area contributed by atoms with E-state index in [0.717, 1.165) is 5.69 Å². The van der Waals surface area contributed by atoms with Crippen molar-refractivity contribution in [1.29, 1.82) is 0 Å². The molecule has 4 heteroatoms. The van der Waals surface area contributed by atoms with Crippen molar-refractivity contribution >= 4 is 5.78 Å². The fourth-order valence-electron chi connectivity index (χ4n) is 2.30. The zero-order valence-corrected chi connectivity index (χ0v) is 10.6. The van der Waals surface area contributed by atoms with Crippen molar-refractivity contribution in [1.82, 2.24) is 9.78 Å². The fourth-order valence-corrected chi connectivity index (χ4v) is 2.30. The molecule has 94 valence electrons. The average Bonchev–Trinajstić information content (AvgIpc) is 2.97. The summed E-state index contributed by atoms with van der Waals surface area (Å²) in [5.74, 6) is 0.0872. The van der Waals surface area contributed by atoms with Gasteiger partial charge in [-0.25, -0.2) is 0 Å². The summed E-state index contributed by atoms with van der Waals surface area (Å²) in [6.07, 6.45) is 7.03. The number of nitrogens with zero attached hydrogens (tertiary/aromatic N) is 2. The summed E-state index contributed by atoms with van der Waals surface area (Å²) in [5, 5.41) is 4.49. The minimum Gasteiger partial charge on any atom is -0.374 e. The summed E-state index contributed by atoms with van der Waals surface area (Å²) in [6, 6.07) is 2.48. The maximum absolute atomic E-state index is 11.7. The quantitative estimate of drug-likeness (QED) is 0.786. The van der Waals surface area contributed by atoms with Crippen LogP contribution in [0.1, 0.15) is 44.3 Å². The Kier molecular flexibility index (Phi) is 3.94. The van der Waals surface area contributed by atoms with Crippen molar-refractivity contribution in [2.24, 2.45) is 0 Å². The topological polar surface area (TPSA) is 44.1 Å². The Hall–Kier alpha value is -1.16. The van der Waals surface area contributed by atoms with Gasteiger partial charge >= 0.3 is 0 Å². The van der Waals surface area contributed by atoms with Gasteiger partial charge in [0.1, 0.15) is 6.10 Å². The first kappa shape index (κ1) is 12.3. The summed E-state index contributed by atoms with van der Waals surface area (Å²) < 4.78 is 7.03. The maximum Gasteiger partial charge on any atom is 0.167 e. The summed E-state index contributed by atoms with van der Waals surface area (Å²) in [6.45, 7) is 1.77. The van der Waals surface area contributed by atoms with Crippen molar-refractivity contribution in [2.75, 3.05) is 7.11 Å². The van der Waals surface area contributed by atoms with Crippen LogP contribution in [0.2, 0.25) is 0 Å². The molecule has 0 aliphatic heterocycles. The van der Waals surface area contributed by atoms with Gasteiger partial charge in [-0.1, -0.05) is 12.8 Å². The van der Waals surface area contributed by atoms with E-state index in [1.54, 1.807) is 14.0 Å². The van der Waals surface area contributed by atoms with E-state index in [1.807, 2.05) is 16.9 Å². The molecule has 1 fully saturated rings. The molecule has 1 aromatic heterocycles. The lowest BCUT2D eigenvalue weighted by molar-refractivity contribution is -0.127. The number of carbonyl (C=O) groups excluding carboxylic acids is 1. The molecular weight excluding hydrogens is 216 g/mol. The molecule has 0 N–H and O–H groups in total. The van der Waals surface area contributed by atoms with E-state index in [0.29, 0.717) is 12.5 Å². The predicted molar refractivity (Wildman–Crippen MR) is 64.9 cm³/mol. The van der Waals surface area contributed by atoms with Crippen LogP contribution in [0.4, 0.5) is 0 Å². The first-order chi connectivity index (χ1) is 8.20. The van der Waals surface area contributed by atoms with Gasteiger partial charge in [-0.3, -0.25) is 9.48 Å². The van der Waals surface area contributed by atoms with Crippen molar-refractivity contribution in [3.63, 3.8) is 0 Å². The molecule has 1 aromatic rings. The number of Topliss-reactive ketones (excluding diaryl/α,β-unsaturated/α-hetero) is 1. The van der Waals surface area contributed by atoms with Crippen LogP contribution in [0.25, 0.3) is 0 Å². The molecule has 0 spiro atoms. The highest BCUT2D eigenvalue weighted by Crippen LogP contribution is 2.28. The van der Waals surface area contributed by atoms with Crippen LogP contribution in [-0.2, 0) is 16.0 Å². The molecule has 17 heavy (non-hydrogen) atoms. The van der Waals surface area contributed by atoms with E-state index in [4.69, 9.17) is 4.74 Å². The van der Waals surface area contributed by atoms with Crippen LogP contribution in [-0.4, -0.2) is 28.8 Å². The number of hydrogen-bond acceptors (Lipinski definition) is 3. The molecule has 1 heterocycles. The molecule has 1 aliphatic rings. The Labute approximate surface area is 102 Å². The minimum absolute atomic E-state index is 0.0872. The van der Waals surface area contributed by atoms with E-state index >= 15 is 0 Å². The van der Waals surface area contributed by atoms with Crippen molar-refractivity contribution in [2.45, 2.75) is 51.2 Å². The Morgan fingerprint density at radius 2 is 2.29 bits per heavy atom. The third-order valence-electron chi connectivity index (χ3n) is 3.52. The lowest BCUT2D eigenvalue weighted by atomic mass is 10.1. The average molecular weight is 236 g/mol. The Morgan fingerprint density at radius 1 is 1.59 bits per heavy atom. The van der Waals surface area contributed by atoms with Gasteiger partial charge in [-0.05, 0) is 25.8 Å². The number of aromatic nitrogens is 2. The largest absolute Gasteiger partial charge is 0.374 e. The molecule has 4 nitrogen and oxygen atoms in total. The molecule has 1 saturated carbocycles. The smallest absolute Gasteiger partial charge is 0.167 e. The van der Waals surface area contributed by atoms with E-state index in [1.165, 1.54) is 25.7 Å². The molecular formula is C13H20N2O2. The first-order valence-corrected chi connectivity index (χ1v) is 6.30. The van der Waals surface area contributed by atoms with Gasteiger partial charge in [0.15, 0.2) is 5.78 Å². The van der Waals surface area contributed by atoms with Gasteiger partial charge in [0.05, 0.1) is 18.2 Å². The van der Waals surface area contributed by atoms with Crippen LogP contribution in [0.3, 0.4) is 0 Å². The number of ether oxygens (including phenoxy) is 1. The molecule has 1 atom stereocenters. The van der Waals surface area contributed by atoms with Crippen LogP contribution in [0, 0.1) is 0 Å². The summed E-state index contributed by atoms with van der Waals surface area (Å²) in [4.78, 5) is 11.7. The van der Waals surface area contributed by atoms with Crippen LogP contribution >= 0.6 is 0 Å². The van der Waals surface area contributed by atoms with Crippen LogP contribution in [0.15, 0.2) is 12.3 Å². The Bertz CT molecular complexity index is 381. The summed E-state index contributed by atoms with van der Waals surface area (Å²) in [5.41, 5.74) is 0.853. The highest BCUT2D eigenvalue weighted by molar-refractivity contribution is 5.84. The van der Waals surface area contributed by atoms with Gasteiger partial charge in [-0.2, -0.15) is 5.10 Å².